The lowest BCUT2D eigenvalue weighted by molar-refractivity contribution is 0.178. The number of anilines is 1. The van der Waals surface area contributed by atoms with Gasteiger partial charge in [-0.3, -0.25) is 9.11 Å². The molecule has 0 radical (unpaired) electrons. The number of methoxy groups -OCH3 is 2. The molecule has 2 atom stereocenters. The summed E-state index contributed by atoms with van der Waals surface area (Å²) < 4.78 is 77.9. The highest BCUT2D eigenvalue weighted by molar-refractivity contribution is 7.86. The van der Waals surface area contributed by atoms with Gasteiger partial charge in [-0.2, -0.15) is 16.8 Å². The Hall–Kier alpha value is -2.80. The smallest absolute Gasteiger partial charge is 0.294 e. The second-order valence-corrected chi connectivity index (χ2v) is 13.8. The number of rotatable bonds is 13. The van der Waals surface area contributed by atoms with Crippen molar-refractivity contribution < 1.29 is 35.4 Å². The molecular weight excluding hydrogens is 578 g/mol. The highest BCUT2D eigenvalue weighted by Crippen LogP contribution is 2.50. The summed E-state index contributed by atoms with van der Waals surface area (Å²) in [6.07, 6.45) is 6.80. The van der Waals surface area contributed by atoms with Gasteiger partial charge in [0.15, 0.2) is 0 Å². The predicted molar refractivity (Wildman–Crippen MR) is 164 cm³/mol. The first-order valence-corrected chi connectivity index (χ1v) is 16.5. The van der Waals surface area contributed by atoms with E-state index in [4.69, 9.17) is 9.47 Å². The molecule has 2 aromatic rings. The summed E-state index contributed by atoms with van der Waals surface area (Å²) >= 11 is 0. The van der Waals surface area contributed by atoms with Crippen LogP contribution in [0.15, 0.2) is 82.3 Å². The molecule has 0 bridgehead atoms. The SMILES string of the molecule is C=C(/C=C/C=C1/N(CC)c2ccc(S(=O)(=O)O)cc2C1(C)CCOC)C(C)(CCOC)c1cc(S(=O)(=O)O)ccc1C. The van der Waals surface area contributed by atoms with Crippen molar-refractivity contribution in [2.75, 3.05) is 38.9 Å². The highest BCUT2D eigenvalue weighted by atomic mass is 32.2. The molecule has 11 heteroatoms. The maximum atomic E-state index is 11.9. The van der Waals surface area contributed by atoms with Gasteiger partial charge >= 0.3 is 0 Å². The van der Waals surface area contributed by atoms with Gasteiger partial charge in [0.25, 0.3) is 20.2 Å². The Labute approximate surface area is 250 Å². The fourth-order valence-corrected chi connectivity index (χ4v) is 6.69. The monoisotopic (exact) mass is 619 g/mol. The number of benzene rings is 2. The van der Waals surface area contributed by atoms with Crippen LogP contribution in [-0.4, -0.2) is 59.9 Å². The van der Waals surface area contributed by atoms with E-state index in [1.165, 1.54) is 24.3 Å². The van der Waals surface area contributed by atoms with Crippen molar-refractivity contribution in [1.82, 2.24) is 0 Å². The maximum absolute atomic E-state index is 11.9. The van der Waals surface area contributed by atoms with E-state index in [-0.39, 0.29) is 9.79 Å². The molecule has 0 amide bonds. The van der Waals surface area contributed by atoms with E-state index in [0.29, 0.717) is 43.7 Å². The number of likely N-dealkylation sites (N-methyl/N-ethyl adjacent to an activating group) is 1. The van der Waals surface area contributed by atoms with Gasteiger partial charge in [0.2, 0.25) is 0 Å². The van der Waals surface area contributed by atoms with Gasteiger partial charge in [0, 0.05) is 56.2 Å². The van der Waals surface area contributed by atoms with Gasteiger partial charge in [0.05, 0.1) is 9.79 Å². The Bertz CT molecular complexity index is 1610. The molecule has 0 saturated carbocycles. The van der Waals surface area contributed by atoms with E-state index in [0.717, 1.165) is 22.5 Å². The Morgan fingerprint density at radius 3 is 2.19 bits per heavy atom. The van der Waals surface area contributed by atoms with Crippen LogP contribution in [0.2, 0.25) is 0 Å². The lowest BCUT2D eigenvalue weighted by atomic mass is 9.72. The largest absolute Gasteiger partial charge is 0.385 e. The third-order valence-corrected chi connectivity index (χ3v) is 10.00. The minimum absolute atomic E-state index is 0.164. The van der Waals surface area contributed by atoms with Crippen LogP contribution >= 0.6 is 0 Å². The first-order valence-electron chi connectivity index (χ1n) is 13.6. The van der Waals surface area contributed by atoms with Crippen LogP contribution in [0, 0.1) is 6.92 Å². The molecule has 0 aliphatic carbocycles. The molecule has 1 aliphatic rings. The van der Waals surface area contributed by atoms with Crippen molar-refractivity contribution in [3.05, 3.63) is 89.2 Å². The van der Waals surface area contributed by atoms with E-state index < -0.39 is 31.1 Å². The van der Waals surface area contributed by atoms with Gasteiger partial charge in [-0.25, -0.2) is 0 Å². The van der Waals surface area contributed by atoms with Crippen molar-refractivity contribution in [2.45, 2.75) is 61.2 Å². The van der Waals surface area contributed by atoms with E-state index in [1.807, 2.05) is 45.9 Å². The molecule has 0 aromatic heterocycles. The number of hydrogen-bond donors (Lipinski definition) is 2. The third-order valence-electron chi connectivity index (χ3n) is 8.30. The normalized spacial score (nSPS) is 19.8. The van der Waals surface area contributed by atoms with Gasteiger partial charge in [0.1, 0.15) is 0 Å². The Kier molecular flexibility index (Phi) is 10.3. The van der Waals surface area contributed by atoms with E-state index in [1.54, 1.807) is 26.4 Å². The summed E-state index contributed by atoms with van der Waals surface area (Å²) in [6, 6.07) is 9.17. The van der Waals surface area contributed by atoms with Crippen molar-refractivity contribution >= 4 is 25.9 Å². The minimum atomic E-state index is -4.40. The summed E-state index contributed by atoms with van der Waals surface area (Å²) in [5.41, 5.74) is 3.48. The predicted octanol–water partition coefficient (Wildman–Crippen LogP) is 5.61. The Morgan fingerprint density at radius 2 is 1.62 bits per heavy atom. The second kappa shape index (κ2) is 12.8. The first-order chi connectivity index (χ1) is 19.5. The molecule has 3 rings (SSSR count). The molecule has 230 valence electrons. The van der Waals surface area contributed by atoms with Crippen molar-refractivity contribution in [1.29, 1.82) is 0 Å². The molecule has 2 N–H and O–H groups in total. The Balaban J connectivity index is 2.11. The lowest BCUT2D eigenvalue weighted by Crippen LogP contribution is -2.29. The minimum Gasteiger partial charge on any atom is -0.385 e. The molecule has 1 aliphatic heterocycles. The second-order valence-electron chi connectivity index (χ2n) is 10.9. The van der Waals surface area contributed by atoms with E-state index in [2.05, 4.69) is 11.5 Å². The molecule has 0 fully saturated rings. The highest BCUT2D eigenvalue weighted by Gasteiger charge is 2.43. The third kappa shape index (κ3) is 6.72. The van der Waals surface area contributed by atoms with Crippen LogP contribution in [0.25, 0.3) is 0 Å². The number of allylic oxidation sites excluding steroid dienone is 5. The number of fused-ring (bicyclic) bond motifs is 1. The maximum Gasteiger partial charge on any atom is 0.294 e. The fraction of sp³-hybridized carbons (Fsp3) is 0.419. The standard InChI is InChI=1S/C31H41NO8S2/c1-8-32-28-15-14-25(42(36,37)38)21-27(28)31(5,17-19-40-7)29(32)11-9-10-23(3)30(4,16-18-39-6)26-20-24(41(33,34)35)13-12-22(26)2/h9-15,20-21H,3,8,16-19H2,1-2,4-7H3,(H,33,34,35)(H,36,37,38)/b10-9+,29-11+. The first kappa shape index (κ1) is 33.7. The molecule has 9 nitrogen and oxygen atoms in total. The molecule has 0 saturated heterocycles. The van der Waals surface area contributed by atoms with Gasteiger partial charge in [-0.05, 0) is 92.3 Å². The summed E-state index contributed by atoms with van der Waals surface area (Å²) in [6.45, 7) is 13.7. The summed E-state index contributed by atoms with van der Waals surface area (Å²) in [5, 5.41) is 0. The van der Waals surface area contributed by atoms with Gasteiger partial charge < -0.3 is 14.4 Å². The number of nitrogens with zero attached hydrogens (tertiary/aromatic N) is 1. The zero-order chi connectivity index (χ0) is 31.5. The van der Waals surface area contributed by atoms with E-state index >= 15 is 0 Å². The molecule has 1 heterocycles. The van der Waals surface area contributed by atoms with E-state index in [9.17, 15) is 25.9 Å². The zero-order valence-electron chi connectivity index (χ0n) is 25.0. The molecular formula is C31H41NO8S2. The molecule has 0 spiro atoms. The van der Waals surface area contributed by atoms with Crippen LogP contribution in [0.4, 0.5) is 5.69 Å². The summed E-state index contributed by atoms with van der Waals surface area (Å²) in [5.74, 6) is 0. The molecule has 2 unspecified atom stereocenters. The Morgan fingerprint density at radius 1 is 1.02 bits per heavy atom. The average molecular weight is 620 g/mol. The van der Waals surface area contributed by atoms with Crippen molar-refractivity contribution in [3.63, 3.8) is 0 Å². The molecule has 42 heavy (non-hydrogen) atoms. The van der Waals surface area contributed by atoms with Crippen LogP contribution in [-0.2, 0) is 40.5 Å². The quantitative estimate of drug-likeness (QED) is 0.217. The number of aryl methyl sites for hydroxylation is 1. The van der Waals surface area contributed by atoms with Crippen LogP contribution in [0.3, 0.4) is 0 Å². The van der Waals surface area contributed by atoms with Crippen molar-refractivity contribution in [3.8, 4) is 0 Å². The average Bonchev–Trinajstić information content (AvgIpc) is 3.16. The fourth-order valence-electron chi connectivity index (χ4n) is 5.67. The van der Waals surface area contributed by atoms with Gasteiger partial charge in [-0.1, -0.05) is 31.7 Å². The summed E-state index contributed by atoms with van der Waals surface area (Å²) in [4.78, 5) is 1.75. The van der Waals surface area contributed by atoms with Crippen LogP contribution < -0.4 is 4.90 Å². The summed E-state index contributed by atoms with van der Waals surface area (Å²) in [7, 11) is -5.59. The topological polar surface area (TPSA) is 130 Å². The number of hydrogen-bond acceptors (Lipinski definition) is 7. The van der Waals surface area contributed by atoms with Crippen LogP contribution in [0.5, 0.6) is 0 Å². The van der Waals surface area contributed by atoms with Crippen LogP contribution in [0.1, 0.15) is 50.3 Å². The lowest BCUT2D eigenvalue weighted by Gasteiger charge is -2.33. The van der Waals surface area contributed by atoms with Crippen molar-refractivity contribution in [2.24, 2.45) is 0 Å². The van der Waals surface area contributed by atoms with Gasteiger partial charge in [-0.15, -0.1) is 0 Å². The zero-order valence-corrected chi connectivity index (χ0v) is 26.7. The number of ether oxygens (including phenoxy) is 2. The molecule has 2 aromatic carbocycles.